The number of likely N-dealkylation sites (N-methyl/N-ethyl adjacent to an activating group) is 1. The lowest BCUT2D eigenvalue weighted by atomic mass is 9.94. The Morgan fingerprint density at radius 2 is 1.86 bits per heavy atom. The van der Waals surface area contributed by atoms with E-state index < -0.39 is 0 Å². The van der Waals surface area contributed by atoms with Gasteiger partial charge >= 0.3 is 0 Å². The molecule has 0 unspecified atom stereocenters. The maximum Gasteiger partial charge on any atom is 0.277 e. The Bertz CT molecular complexity index is 1170. The molecule has 9 heteroatoms. The third-order valence-electron chi connectivity index (χ3n) is 6.23. The number of benzene rings is 2. The normalized spacial score (nSPS) is 18.0. The number of nitrogens with zero attached hydrogens (tertiary/aromatic N) is 2. The van der Waals surface area contributed by atoms with Crippen LogP contribution in [0.5, 0.6) is 11.5 Å². The summed E-state index contributed by atoms with van der Waals surface area (Å²) in [5.41, 5.74) is 2.25. The van der Waals surface area contributed by atoms with Crippen molar-refractivity contribution in [3.05, 3.63) is 61.7 Å². The van der Waals surface area contributed by atoms with Crippen molar-refractivity contribution in [2.75, 3.05) is 13.7 Å². The van der Waals surface area contributed by atoms with E-state index in [-0.39, 0.29) is 11.9 Å². The number of halogens is 3. The minimum Gasteiger partial charge on any atom is -0.490 e. The Kier molecular flexibility index (Phi) is 8.63. The van der Waals surface area contributed by atoms with Gasteiger partial charge in [-0.2, -0.15) is 0 Å². The summed E-state index contributed by atoms with van der Waals surface area (Å²) in [4.78, 5) is 16.9. The zero-order valence-corrected chi connectivity index (χ0v) is 23.6. The summed E-state index contributed by atoms with van der Waals surface area (Å²) in [5, 5.41) is 1.54. The summed E-state index contributed by atoms with van der Waals surface area (Å²) in [5.74, 6) is 1.11. The van der Waals surface area contributed by atoms with Crippen LogP contribution in [0.1, 0.15) is 50.2 Å². The van der Waals surface area contributed by atoms with Gasteiger partial charge in [0.15, 0.2) is 16.6 Å². The van der Waals surface area contributed by atoms with Crippen LogP contribution in [0.3, 0.4) is 0 Å². The fourth-order valence-electron chi connectivity index (χ4n) is 4.46. The van der Waals surface area contributed by atoms with E-state index in [1.165, 1.54) is 6.42 Å². The highest BCUT2D eigenvalue weighted by molar-refractivity contribution is 9.10. The Hall–Kier alpha value is -1.80. The number of amides is 1. The fourth-order valence-corrected chi connectivity index (χ4v) is 5.68. The summed E-state index contributed by atoms with van der Waals surface area (Å²) >= 11 is 21.4. The largest absolute Gasteiger partial charge is 0.490 e. The minimum absolute atomic E-state index is 0.0431. The van der Waals surface area contributed by atoms with E-state index in [1.807, 2.05) is 38.2 Å². The molecular formula is C26H27BrCl2N2O3S. The molecule has 1 saturated carbocycles. The van der Waals surface area contributed by atoms with Gasteiger partial charge in [0.05, 0.1) is 21.1 Å². The van der Waals surface area contributed by atoms with E-state index in [9.17, 15) is 4.79 Å². The van der Waals surface area contributed by atoms with Crippen LogP contribution in [0.4, 0.5) is 0 Å². The number of hydrogen-bond acceptors (Lipinski definition) is 4. The van der Waals surface area contributed by atoms with Crippen LogP contribution in [0.2, 0.25) is 10.0 Å². The van der Waals surface area contributed by atoms with Crippen LogP contribution in [0.25, 0.3) is 6.08 Å². The molecule has 0 N–H and O–H groups in total. The molecule has 0 radical (unpaired) electrons. The highest BCUT2D eigenvalue weighted by atomic mass is 79.9. The van der Waals surface area contributed by atoms with Crippen molar-refractivity contribution in [3.63, 3.8) is 0 Å². The summed E-state index contributed by atoms with van der Waals surface area (Å²) < 4.78 is 12.7. The number of hydrogen-bond donors (Lipinski definition) is 0. The van der Waals surface area contributed by atoms with Crippen molar-refractivity contribution in [2.24, 2.45) is 0 Å². The molecule has 1 aliphatic heterocycles. The number of ether oxygens (including phenoxy) is 2. The fraction of sp³-hybridized carbons (Fsp3) is 0.385. The van der Waals surface area contributed by atoms with Gasteiger partial charge in [-0.1, -0.05) is 48.5 Å². The molecule has 1 heterocycles. The molecule has 1 aliphatic carbocycles. The number of carbonyl (C=O) groups excluding carboxylic acids is 1. The molecule has 35 heavy (non-hydrogen) atoms. The average Bonchev–Trinajstić information content (AvgIpc) is 3.04. The van der Waals surface area contributed by atoms with Gasteiger partial charge in [-0.05, 0) is 89.4 Å². The van der Waals surface area contributed by atoms with Gasteiger partial charge < -0.3 is 14.4 Å². The molecule has 1 saturated heterocycles. The molecule has 0 aromatic heterocycles. The second-order valence-electron chi connectivity index (χ2n) is 8.64. The summed E-state index contributed by atoms with van der Waals surface area (Å²) in [7, 11) is 1.85. The Morgan fingerprint density at radius 3 is 2.54 bits per heavy atom. The molecule has 186 valence electrons. The second-order valence-corrected chi connectivity index (χ2v) is 10.7. The Morgan fingerprint density at radius 1 is 1.11 bits per heavy atom. The van der Waals surface area contributed by atoms with Crippen LogP contribution < -0.4 is 9.47 Å². The van der Waals surface area contributed by atoms with Crippen molar-refractivity contribution in [1.82, 2.24) is 9.80 Å². The van der Waals surface area contributed by atoms with Gasteiger partial charge in [0, 0.05) is 13.1 Å². The Labute approximate surface area is 230 Å². The van der Waals surface area contributed by atoms with Gasteiger partial charge in [0.2, 0.25) is 0 Å². The molecule has 1 amide bonds. The van der Waals surface area contributed by atoms with Gasteiger partial charge in [-0.15, -0.1) is 0 Å². The molecule has 2 fully saturated rings. The lowest BCUT2D eigenvalue weighted by Crippen LogP contribution is -2.41. The summed E-state index contributed by atoms with van der Waals surface area (Å²) in [6.07, 6.45) is 7.34. The number of carbonyl (C=O) groups is 1. The summed E-state index contributed by atoms with van der Waals surface area (Å²) in [6.45, 7) is 2.67. The average molecular weight is 598 g/mol. The molecule has 2 aliphatic rings. The van der Waals surface area contributed by atoms with Crippen LogP contribution in [0.15, 0.2) is 40.5 Å². The zero-order chi connectivity index (χ0) is 25.1. The first kappa shape index (κ1) is 26.3. The molecular weight excluding hydrogens is 571 g/mol. The Balaban J connectivity index is 1.59. The maximum absolute atomic E-state index is 13.3. The lowest BCUT2D eigenvalue weighted by Gasteiger charge is -2.30. The lowest BCUT2D eigenvalue weighted by molar-refractivity contribution is -0.124. The van der Waals surface area contributed by atoms with Gasteiger partial charge in [0.1, 0.15) is 12.3 Å². The number of thiocarbonyl (C=S) groups is 1. The van der Waals surface area contributed by atoms with Crippen molar-refractivity contribution < 1.29 is 14.3 Å². The molecule has 4 rings (SSSR count). The zero-order valence-electron chi connectivity index (χ0n) is 19.7. The predicted octanol–water partition coefficient (Wildman–Crippen LogP) is 7.47. The quantitative estimate of drug-likeness (QED) is 0.245. The highest BCUT2D eigenvalue weighted by Gasteiger charge is 2.40. The van der Waals surface area contributed by atoms with Crippen LogP contribution >= 0.6 is 51.3 Å². The van der Waals surface area contributed by atoms with Crippen molar-refractivity contribution in [2.45, 2.75) is 51.7 Å². The second kappa shape index (κ2) is 11.5. The summed E-state index contributed by atoms with van der Waals surface area (Å²) in [6, 6.07) is 9.35. The van der Waals surface area contributed by atoms with Crippen LogP contribution in [0, 0.1) is 0 Å². The first-order valence-corrected chi connectivity index (χ1v) is 13.6. The molecule has 0 spiro atoms. The molecule has 0 bridgehead atoms. The van der Waals surface area contributed by atoms with E-state index in [0.29, 0.717) is 45.6 Å². The van der Waals surface area contributed by atoms with Gasteiger partial charge in [-0.3, -0.25) is 9.69 Å². The van der Waals surface area contributed by atoms with Crippen molar-refractivity contribution in [3.8, 4) is 11.5 Å². The standard InChI is InChI=1S/C26H27BrCl2N2O3S/c1-3-33-23-14-17(11-19(27)24(23)34-15-16-9-10-20(28)21(29)12-16)13-22-25(32)31(26(35)30(22)2)18-7-5-4-6-8-18/h9-14,18H,3-8,15H2,1-2H3/b22-13-. The van der Waals surface area contributed by atoms with Crippen LogP contribution in [-0.4, -0.2) is 40.5 Å². The maximum atomic E-state index is 13.3. The van der Waals surface area contributed by atoms with E-state index >= 15 is 0 Å². The van der Waals surface area contributed by atoms with E-state index in [2.05, 4.69) is 15.9 Å². The van der Waals surface area contributed by atoms with Crippen LogP contribution in [-0.2, 0) is 11.4 Å². The number of rotatable bonds is 7. The predicted molar refractivity (Wildman–Crippen MR) is 148 cm³/mol. The topological polar surface area (TPSA) is 42.0 Å². The first-order chi connectivity index (χ1) is 16.8. The van der Waals surface area contributed by atoms with Crippen molar-refractivity contribution in [1.29, 1.82) is 0 Å². The van der Waals surface area contributed by atoms with E-state index in [1.54, 1.807) is 21.9 Å². The molecule has 2 aromatic carbocycles. The van der Waals surface area contributed by atoms with Gasteiger partial charge in [-0.25, -0.2) is 0 Å². The van der Waals surface area contributed by atoms with E-state index in [4.69, 9.17) is 44.9 Å². The SMILES string of the molecule is CCOc1cc(/C=C2/C(=O)N(C3CCCCC3)C(=S)N2C)cc(Br)c1OCc1ccc(Cl)c(Cl)c1. The molecule has 0 atom stereocenters. The first-order valence-electron chi connectivity index (χ1n) is 11.7. The minimum atomic E-state index is -0.0431. The third-order valence-corrected chi connectivity index (χ3v) is 8.03. The molecule has 2 aromatic rings. The van der Waals surface area contributed by atoms with E-state index in [0.717, 1.165) is 41.3 Å². The monoisotopic (exact) mass is 596 g/mol. The van der Waals surface area contributed by atoms with Crippen molar-refractivity contribution >= 4 is 68.4 Å². The third kappa shape index (κ3) is 5.79. The van der Waals surface area contributed by atoms with Gasteiger partial charge in [0.25, 0.3) is 5.91 Å². The smallest absolute Gasteiger partial charge is 0.277 e. The highest BCUT2D eigenvalue weighted by Crippen LogP contribution is 2.39. The molecule has 5 nitrogen and oxygen atoms in total.